The van der Waals surface area contributed by atoms with Crippen LogP contribution >= 0.6 is 0 Å². The number of rotatable bonds is 7. The van der Waals surface area contributed by atoms with E-state index in [-0.39, 0.29) is 5.91 Å². The number of amides is 1. The zero-order valence-corrected chi connectivity index (χ0v) is 16.4. The molecule has 3 aromatic rings. The Morgan fingerprint density at radius 3 is 2.00 bits per heavy atom. The minimum absolute atomic E-state index is 0.319. The smallest absolute Gasteiger partial charge is 0.252 e. The molecule has 150 valence electrons. The molecule has 1 atom stereocenters. The first-order chi connectivity index (χ1) is 14.0. The maximum absolute atomic E-state index is 13.2. The molecule has 6 heteroatoms. The van der Waals surface area contributed by atoms with E-state index in [0.29, 0.717) is 22.8 Å². The Labute approximate surface area is 169 Å². The van der Waals surface area contributed by atoms with Gasteiger partial charge in [0.2, 0.25) is 0 Å². The largest absolute Gasteiger partial charge is 0.497 e. The average Bonchev–Trinajstić information content (AvgIpc) is 2.77. The molecule has 3 aromatic carbocycles. The molecule has 5 nitrogen and oxygen atoms in total. The Kier molecular flexibility index (Phi) is 6.34. The van der Waals surface area contributed by atoms with Crippen molar-refractivity contribution < 1.29 is 23.4 Å². The first-order valence-electron chi connectivity index (χ1n) is 8.98. The minimum atomic E-state index is -0.460. The molecule has 0 radical (unpaired) electrons. The summed E-state index contributed by atoms with van der Waals surface area (Å²) in [5.41, 5.74) is 2.03. The number of benzene rings is 3. The van der Waals surface area contributed by atoms with Crippen LogP contribution in [0.15, 0.2) is 66.7 Å². The highest BCUT2D eigenvalue weighted by molar-refractivity contribution is 5.94. The number of methoxy groups -OCH3 is 3. The van der Waals surface area contributed by atoms with Crippen LogP contribution in [0.2, 0.25) is 0 Å². The summed E-state index contributed by atoms with van der Waals surface area (Å²) < 4.78 is 29.1. The molecule has 0 bridgehead atoms. The lowest BCUT2D eigenvalue weighted by Gasteiger charge is -2.21. The van der Waals surface area contributed by atoms with E-state index in [1.807, 2.05) is 36.4 Å². The Balaban J connectivity index is 1.99. The third-order valence-electron chi connectivity index (χ3n) is 4.57. The number of carbonyl (C=O) groups excluding carboxylic acids is 1. The van der Waals surface area contributed by atoms with Gasteiger partial charge in [0.05, 0.1) is 27.4 Å². The second-order valence-electron chi connectivity index (χ2n) is 6.30. The highest BCUT2D eigenvalue weighted by atomic mass is 19.1. The first-order valence-corrected chi connectivity index (χ1v) is 8.98. The molecule has 0 unspecified atom stereocenters. The standard InChI is InChI=1S/C23H22FNO4/c1-27-19-11-6-15(7-12-19)22(17-8-13-20(28-2)21(14-17)29-3)25-23(26)16-4-9-18(24)10-5-16/h4-14,22H,1-3H3,(H,25,26)/t22-/m1/s1. The van der Waals surface area contributed by atoms with Crippen LogP contribution < -0.4 is 19.5 Å². The molecule has 0 saturated carbocycles. The molecule has 1 amide bonds. The van der Waals surface area contributed by atoms with Gasteiger partial charge in [-0.25, -0.2) is 4.39 Å². The van der Waals surface area contributed by atoms with Crippen LogP contribution in [-0.2, 0) is 0 Å². The summed E-state index contributed by atoms with van der Waals surface area (Å²) >= 11 is 0. The third kappa shape index (κ3) is 4.66. The highest BCUT2D eigenvalue weighted by Crippen LogP contribution is 2.33. The maximum Gasteiger partial charge on any atom is 0.252 e. The van der Waals surface area contributed by atoms with Crippen molar-refractivity contribution in [1.82, 2.24) is 5.32 Å². The van der Waals surface area contributed by atoms with E-state index in [4.69, 9.17) is 14.2 Å². The average molecular weight is 395 g/mol. The van der Waals surface area contributed by atoms with Crippen molar-refractivity contribution in [1.29, 1.82) is 0 Å². The number of nitrogens with one attached hydrogen (secondary N) is 1. The normalized spacial score (nSPS) is 11.4. The second kappa shape index (κ2) is 9.10. The predicted octanol–water partition coefficient (Wildman–Crippen LogP) is 4.37. The summed E-state index contributed by atoms with van der Waals surface area (Å²) in [4.78, 5) is 12.8. The van der Waals surface area contributed by atoms with E-state index in [2.05, 4.69) is 5.32 Å². The van der Waals surface area contributed by atoms with Crippen LogP contribution in [0.25, 0.3) is 0 Å². The van der Waals surface area contributed by atoms with Gasteiger partial charge in [-0.05, 0) is 59.7 Å². The minimum Gasteiger partial charge on any atom is -0.497 e. The molecule has 1 N–H and O–H groups in total. The summed E-state index contributed by atoms with van der Waals surface area (Å²) in [7, 11) is 4.72. The summed E-state index contributed by atoms with van der Waals surface area (Å²) in [5, 5.41) is 3.01. The molecule has 0 aromatic heterocycles. The summed E-state index contributed by atoms with van der Waals surface area (Å²) in [6.45, 7) is 0. The van der Waals surface area contributed by atoms with Crippen LogP contribution in [0.3, 0.4) is 0 Å². The summed E-state index contributed by atoms with van der Waals surface area (Å²) in [6.07, 6.45) is 0. The van der Waals surface area contributed by atoms with Crippen LogP contribution in [0.5, 0.6) is 17.2 Å². The molecule has 0 fully saturated rings. The van der Waals surface area contributed by atoms with Gasteiger partial charge in [-0.1, -0.05) is 18.2 Å². The van der Waals surface area contributed by atoms with Gasteiger partial charge in [0.15, 0.2) is 11.5 Å². The van der Waals surface area contributed by atoms with Gasteiger partial charge < -0.3 is 19.5 Å². The molecular weight excluding hydrogens is 373 g/mol. The van der Waals surface area contributed by atoms with Gasteiger partial charge in [0, 0.05) is 5.56 Å². The molecule has 0 aliphatic heterocycles. The van der Waals surface area contributed by atoms with Crippen molar-refractivity contribution in [2.45, 2.75) is 6.04 Å². The first kappa shape index (κ1) is 20.2. The van der Waals surface area contributed by atoms with Gasteiger partial charge in [-0.15, -0.1) is 0 Å². The molecule has 3 rings (SSSR count). The van der Waals surface area contributed by atoms with Gasteiger partial charge in [-0.3, -0.25) is 4.79 Å². The van der Waals surface area contributed by atoms with E-state index >= 15 is 0 Å². The zero-order chi connectivity index (χ0) is 20.8. The van der Waals surface area contributed by atoms with Crippen molar-refractivity contribution >= 4 is 5.91 Å². The van der Waals surface area contributed by atoms with Crippen molar-refractivity contribution in [3.63, 3.8) is 0 Å². The van der Waals surface area contributed by atoms with Crippen LogP contribution in [0.1, 0.15) is 27.5 Å². The molecule has 0 spiro atoms. The highest BCUT2D eigenvalue weighted by Gasteiger charge is 2.20. The van der Waals surface area contributed by atoms with Crippen molar-refractivity contribution in [3.05, 3.63) is 89.2 Å². The molecule has 0 aliphatic rings. The summed E-state index contributed by atoms with van der Waals surface area (Å²) in [5.74, 6) is 1.15. The SMILES string of the molecule is COc1ccc([C@@H](NC(=O)c2ccc(F)cc2)c2ccc(OC)c(OC)c2)cc1. The zero-order valence-electron chi connectivity index (χ0n) is 16.4. The van der Waals surface area contributed by atoms with Crippen molar-refractivity contribution in [2.75, 3.05) is 21.3 Å². The predicted molar refractivity (Wildman–Crippen MR) is 108 cm³/mol. The number of halogens is 1. The van der Waals surface area contributed by atoms with E-state index in [1.165, 1.54) is 24.3 Å². The van der Waals surface area contributed by atoms with Crippen LogP contribution in [0.4, 0.5) is 4.39 Å². The lowest BCUT2D eigenvalue weighted by Crippen LogP contribution is -2.29. The molecule has 0 heterocycles. The van der Waals surface area contributed by atoms with Crippen LogP contribution in [-0.4, -0.2) is 27.2 Å². The fraction of sp³-hybridized carbons (Fsp3) is 0.174. The fourth-order valence-electron chi connectivity index (χ4n) is 3.00. The quantitative estimate of drug-likeness (QED) is 0.645. The molecule has 29 heavy (non-hydrogen) atoms. The maximum atomic E-state index is 13.2. The third-order valence-corrected chi connectivity index (χ3v) is 4.57. The molecular formula is C23H22FNO4. The second-order valence-corrected chi connectivity index (χ2v) is 6.30. The topological polar surface area (TPSA) is 56.8 Å². The number of ether oxygens (including phenoxy) is 3. The molecule has 0 saturated heterocycles. The van der Waals surface area contributed by atoms with Gasteiger partial charge in [0.25, 0.3) is 5.91 Å². The fourth-order valence-corrected chi connectivity index (χ4v) is 3.00. The lowest BCUT2D eigenvalue weighted by atomic mass is 9.97. The summed E-state index contributed by atoms with van der Waals surface area (Å²) in [6, 6.07) is 17.8. The monoisotopic (exact) mass is 395 g/mol. The molecule has 0 aliphatic carbocycles. The van der Waals surface area contributed by atoms with Crippen molar-refractivity contribution in [2.24, 2.45) is 0 Å². The van der Waals surface area contributed by atoms with Gasteiger partial charge in [0.1, 0.15) is 11.6 Å². The Bertz CT molecular complexity index is 971. The van der Waals surface area contributed by atoms with E-state index in [1.54, 1.807) is 27.4 Å². The van der Waals surface area contributed by atoms with Gasteiger partial charge in [-0.2, -0.15) is 0 Å². The number of hydrogen-bond donors (Lipinski definition) is 1. The van der Waals surface area contributed by atoms with Crippen molar-refractivity contribution in [3.8, 4) is 17.2 Å². The van der Waals surface area contributed by atoms with Gasteiger partial charge >= 0.3 is 0 Å². The Morgan fingerprint density at radius 1 is 0.793 bits per heavy atom. The van der Waals surface area contributed by atoms with Crippen LogP contribution in [0, 0.1) is 5.82 Å². The van der Waals surface area contributed by atoms with E-state index in [9.17, 15) is 9.18 Å². The van der Waals surface area contributed by atoms with E-state index in [0.717, 1.165) is 11.1 Å². The Hall–Kier alpha value is -3.54. The van der Waals surface area contributed by atoms with E-state index < -0.39 is 11.9 Å². The Morgan fingerprint density at radius 2 is 1.41 bits per heavy atom. The number of carbonyl (C=O) groups is 1. The number of hydrogen-bond acceptors (Lipinski definition) is 4. The lowest BCUT2D eigenvalue weighted by molar-refractivity contribution is 0.0943.